The second-order valence-electron chi connectivity index (χ2n) is 7.77. The van der Waals surface area contributed by atoms with Crippen LogP contribution >= 0.6 is 11.6 Å². The first-order valence-corrected chi connectivity index (χ1v) is 11.1. The van der Waals surface area contributed by atoms with E-state index in [2.05, 4.69) is 30.7 Å². The number of hydrogen-bond acceptors (Lipinski definition) is 8. The average Bonchev–Trinajstić information content (AvgIpc) is 3.46. The molecule has 2 atom stereocenters. The molecule has 0 spiro atoms. The number of hydrogen-bond donors (Lipinski definition) is 2. The smallest absolute Gasteiger partial charge is 0.287 e. The summed E-state index contributed by atoms with van der Waals surface area (Å²) in [5, 5.41) is 16.2. The third-order valence-electron chi connectivity index (χ3n) is 5.68. The van der Waals surface area contributed by atoms with E-state index < -0.39 is 0 Å². The van der Waals surface area contributed by atoms with Crippen LogP contribution in [0.15, 0.2) is 24.3 Å². The van der Waals surface area contributed by atoms with Crippen LogP contribution in [0.4, 0.5) is 5.95 Å². The SMILES string of the molecule is CCc1[nH]c(C(=O)N[C@@H]2CCN(c3nnn(Cc4ccc(OC)cc4)n3)C[C@@H]2OC)nc1Cl. The molecule has 0 aliphatic carbocycles. The van der Waals surface area contributed by atoms with Gasteiger partial charge in [0, 0.05) is 20.2 Å². The molecule has 1 saturated heterocycles. The minimum absolute atomic E-state index is 0.179. The van der Waals surface area contributed by atoms with E-state index >= 15 is 0 Å². The summed E-state index contributed by atoms with van der Waals surface area (Å²) in [7, 11) is 3.26. The Morgan fingerprint density at radius 3 is 2.76 bits per heavy atom. The summed E-state index contributed by atoms with van der Waals surface area (Å²) >= 11 is 6.06. The number of amides is 1. The molecular formula is C21H27ClN8O3. The number of nitrogens with one attached hydrogen (secondary N) is 2. The number of aryl methyl sites for hydroxylation is 1. The van der Waals surface area contributed by atoms with Gasteiger partial charge in [-0.15, -0.1) is 5.10 Å². The summed E-state index contributed by atoms with van der Waals surface area (Å²) in [6, 6.07) is 7.55. The number of aromatic nitrogens is 6. The zero-order valence-electron chi connectivity index (χ0n) is 18.8. The fraction of sp³-hybridized carbons (Fsp3) is 0.476. The van der Waals surface area contributed by atoms with Crippen LogP contribution in [0.25, 0.3) is 0 Å². The van der Waals surface area contributed by atoms with Crippen molar-refractivity contribution in [2.24, 2.45) is 0 Å². The van der Waals surface area contributed by atoms with E-state index in [1.165, 1.54) is 0 Å². The third-order valence-corrected chi connectivity index (χ3v) is 6.00. The number of carbonyl (C=O) groups excluding carboxylic acids is 1. The van der Waals surface area contributed by atoms with Gasteiger partial charge < -0.3 is 24.7 Å². The molecule has 0 unspecified atom stereocenters. The summed E-state index contributed by atoms with van der Waals surface area (Å²) < 4.78 is 10.8. The van der Waals surface area contributed by atoms with E-state index in [1.54, 1.807) is 19.0 Å². The Kier molecular flexibility index (Phi) is 7.09. The minimum Gasteiger partial charge on any atom is -0.497 e. The van der Waals surface area contributed by atoms with Crippen LogP contribution in [-0.4, -0.2) is 75.5 Å². The predicted octanol–water partition coefficient (Wildman–Crippen LogP) is 1.69. The Morgan fingerprint density at radius 2 is 2.09 bits per heavy atom. The molecule has 3 heterocycles. The van der Waals surface area contributed by atoms with Gasteiger partial charge in [0.05, 0.1) is 31.5 Å². The van der Waals surface area contributed by atoms with Gasteiger partial charge in [0.2, 0.25) is 0 Å². The van der Waals surface area contributed by atoms with Crippen molar-refractivity contribution >= 4 is 23.5 Å². The number of aromatic amines is 1. The average molecular weight is 475 g/mol. The number of piperidine rings is 1. The molecule has 0 bridgehead atoms. The van der Waals surface area contributed by atoms with Gasteiger partial charge in [-0.25, -0.2) is 4.98 Å². The highest BCUT2D eigenvalue weighted by molar-refractivity contribution is 6.30. The molecular weight excluding hydrogens is 448 g/mol. The van der Waals surface area contributed by atoms with E-state index in [0.717, 1.165) is 17.0 Å². The van der Waals surface area contributed by atoms with Gasteiger partial charge in [-0.2, -0.15) is 4.80 Å². The van der Waals surface area contributed by atoms with Gasteiger partial charge in [-0.1, -0.05) is 35.8 Å². The number of ether oxygens (including phenoxy) is 2. The topological polar surface area (TPSA) is 123 Å². The lowest BCUT2D eigenvalue weighted by Gasteiger charge is -2.37. The van der Waals surface area contributed by atoms with E-state index in [0.29, 0.717) is 43.6 Å². The molecule has 0 saturated carbocycles. The first-order chi connectivity index (χ1) is 16.0. The van der Waals surface area contributed by atoms with Crippen LogP contribution < -0.4 is 15.0 Å². The van der Waals surface area contributed by atoms with Gasteiger partial charge in [0.25, 0.3) is 11.9 Å². The number of benzene rings is 1. The first kappa shape index (κ1) is 23.0. The van der Waals surface area contributed by atoms with Gasteiger partial charge in [0.15, 0.2) is 11.0 Å². The molecule has 1 aliphatic heterocycles. The summed E-state index contributed by atoms with van der Waals surface area (Å²) in [5.74, 6) is 1.23. The van der Waals surface area contributed by atoms with E-state index in [4.69, 9.17) is 21.1 Å². The second kappa shape index (κ2) is 10.2. The summed E-state index contributed by atoms with van der Waals surface area (Å²) in [6.45, 7) is 3.62. The van der Waals surface area contributed by atoms with Crippen molar-refractivity contribution < 1.29 is 14.3 Å². The van der Waals surface area contributed by atoms with E-state index in [-0.39, 0.29) is 23.9 Å². The normalized spacial score (nSPS) is 18.4. The van der Waals surface area contributed by atoms with Crippen molar-refractivity contribution in [3.05, 3.63) is 46.5 Å². The van der Waals surface area contributed by atoms with Crippen LogP contribution in [-0.2, 0) is 17.7 Å². The predicted molar refractivity (Wildman–Crippen MR) is 122 cm³/mol. The second-order valence-corrected chi connectivity index (χ2v) is 8.12. The highest BCUT2D eigenvalue weighted by Gasteiger charge is 2.33. The number of methoxy groups -OCH3 is 2. The van der Waals surface area contributed by atoms with Crippen molar-refractivity contribution in [3.8, 4) is 5.75 Å². The van der Waals surface area contributed by atoms with Crippen molar-refractivity contribution in [1.82, 2.24) is 35.5 Å². The number of anilines is 1. The van der Waals surface area contributed by atoms with Gasteiger partial charge >= 0.3 is 0 Å². The Hall–Kier alpha value is -3.18. The fourth-order valence-corrected chi connectivity index (χ4v) is 4.06. The van der Waals surface area contributed by atoms with Crippen LogP contribution in [0, 0.1) is 0 Å². The van der Waals surface area contributed by atoms with Crippen molar-refractivity contribution in [2.45, 2.75) is 38.5 Å². The highest BCUT2D eigenvalue weighted by atomic mass is 35.5. The largest absolute Gasteiger partial charge is 0.497 e. The maximum absolute atomic E-state index is 12.6. The molecule has 3 aromatic rings. The maximum Gasteiger partial charge on any atom is 0.287 e. The lowest BCUT2D eigenvalue weighted by atomic mass is 10.0. The number of rotatable bonds is 8. The lowest BCUT2D eigenvalue weighted by Crippen LogP contribution is -2.55. The van der Waals surface area contributed by atoms with Crippen molar-refractivity contribution in [1.29, 1.82) is 0 Å². The van der Waals surface area contributed by atoms with Crippen LogP contribution in [0.5, 0.6) is 5.75 Å². The monoisotopic (exact) mass is 474 g/mol. The molecule has 0 radical (unpaired) electrons. The number of tetrazole rings is 1. The molecule has 12 heteroatoms. The Morgan fingerprint density at radius 1 is 1.30 bits per heavy atom. The van der Waals surface area contributed by atoms with E-state index in [1.807, 2.05) is 36.1 Å². The maximum atomic E-state index is 12.6. The van der Waals surface area contributed by atoms with Gasteiger partial charge in [-0.3, -0.25) is 4.79 Å². The molecule has 1 amide bonds. The number of carbonyl (C=O) groups is 1. The molecule has 11 nitrogen and oxygen atoms in total. The van der Waals surface area contributed by atoms with Gasteiger partial charge in [0.1, 0.15) is 5.75 Å². The molecule has 176 valence electrons. The van der Waals surface area contributed by atoms with Crippen molar-refractivity contribution in [2.75, 3.05) is 32.2 Å². The van der Waals surface area contributed by atoms with Crippen LogP contribution in [0.1, 0.15) is 35.2 Å². The number of nitrogens with zero attached hydrogens (tertiary/aromatic N) is 6. The van der Waals surface area contributed by atoms with Crippen LogP contribution in [0.3, 0.4) is 0 Å². The Labute approximate surface area is 196 Å². The van der Waals surface area contributed by atoms with Crippen LogP contribution in [0.2, 0.25) is 5.15 Å². The fourth-order valence-electron chi connectivity index (χ4n) is 3.79. The summed E-state index contributed by atoms with van der Waals surface area (Å²) in [4.78, 5) is 23.3. The lowest BCUT2D eigenvalue weighted by molar-refractivity contribution is 0.0535. The highest BCUT2D eigenvalue weighted by Crippen LogP contribution is 2.19. The quantitative estimate of drug-likeness (QED) is 0.505. The molecule has 1 aromatic carbocycles. The molecule has 2 aromatic heterocycles. The molecule has 33 heavy (non-hydrogen) atoms. The number of halogens is 1. The third kappa shape index (κ3) is 5.25. The molecule has 4 rings (SSSR count). The number of imidazole rings is 1. The summed E-state index contributed by atoms with van der Waals surface area (Å²) in [5.41, 5.74) is 1.78. The summed E-state index contributed by atoms with van der Waals surface area (Å²) in [6.07, 6.45) is 1.09. The number of H-pyrrole nitrogens is 1. The minimum atomic E-state index is -0.305. The Bertz CT molecular complexity index is 1080. The molecule has 1 aliphatic rings. The molecule has 2 N–H and O–H groups in total. The first-order valence-electron chi connectivity index (χ1n) is 10.7. The Balaban J connectivity index is 1.36. The zero-order valence-corrected chi connectivity index (χ0v) is 19.5. The molecule has 1 fully saturated rings. The van der Waals surface area contributed by atoms with Gasteiger partial charge in [-0.05, 0) is 35.8 Å². The zero-order chi connectivity index (χ0) is 23.4. The van der Waals surface area contributed by atoms with Crippen molar-refractivity contribution in [3.63, 3.8) is 0 Å². The van der Waals surface area contributed by atoms with E-state index in [9.17, 15) is 4.79 Å². The standard InChI is InChI=1S/C21H27ClN8O3/c1-4-15-18(22)25-19(23-15)20(31)24-16-9-10-29(12-17(16)33-3)21-26-28-30(27-21)11-13-5-7-14(32-2)8-6-13/h5-8,16-17H,4,9-12H2,1-3H3,(H,23,25)(H,24,31)/t16-,17+/m1/s1.